The summed E-state index contributed by atoms with van der Waals surface area (Å²) in [5.41, 5.74) is 8.08. The van der Waals surface area contributed by atoms with E-state index >= 15 is 0 Å². The summed E-state index contributed by atoms with van der Waals surface area (Å²) in [5.74, 6) is 1.66. The molecule has 4 heteroatoms. The van der Waals surface area contributed by atoms with Gasteiger partial charge in [0.25, 0.3) is 0 Å². The van der Waals surface area contributed by atoms with Crippen LogP contribution in [0.15, 0.2) is 18.3 Å². The molecule has 0 aliphatic heterocycles. The van der Waals surface area contributed by atoms with Crippen molar-refractivity contribution in [2.24, 2.45) is 12.8 Å². The highest BCUT2D eigenvalue weighted by Gasteiger charge is 2.17. The lowest BCUT2D eigenvalue weighted by molar-refractivity contribution is 0.409. The number of nitrogens with two attached hydrogens (primary N) is 1. The summed E-state index contributed by atoms with van der Waals surface area (Å²) in [4.78, 5) is 0. The molecule has 0 amide bonds. The van der Waals surface area contributed by atoms with Gasteiger partial charge in [-0.1, -0.05) is 0 Å². The SMILES string of the molecule is COc1ccc(OC)c2c1c(C(C)N)cn2C. The molecule has 0 saturated heterocycles. The van der Waals surface area contributed by atoms with Crippen LogP contribution in [-0.4, -0.2) is 18.8 Å². The van der Waals surface area contributed by atoms with Crippen molar-refractivity contribution in [2.75, 3.05) is 14.2 Å². The van der Waals surface area contributed by atoms with Crippen LogP contribution in [0.2, 0.25) is 0 Å². The molecule has 17 heavy (non-hydrogen) atoms. The van der Waals surface area contributed by atoms with Gasteiger partial charge in [-0.25, -0.2) is 0 Å². The maximum Gasteiger partial charge on any atom is 0.143 e. The zero-order valence-electron chi connectivity index (χ0n) is 10.7. The summed E-state index contributed by atoms with van der Waals surface area (Å²) in [7, 11) is 5.31. The number of nitrogens with zero attached hydrogens (tertiary/aromatic N) is 1. The number of hydrogen-bond acceptors (Lipinski definition) is 3. The van der Waals surface area contributed by atoms with Crippen LogP contribution in [0.5, 0.6) is 11.5 Å². The second-order valence-electron chi connectivity index (χ2n) is 4.18. The van der Waals surface area contributed by atoms with Crippen LogP contribution in [-0.2, 0) is 7.05 Å². The van der Waals surface area contributed by atoms with Crippen LogP contribution in [0.3, 0.4) is 0 Å². The highest BCUT2D eigenvalue weighted by Crippen LogP contribution is 2.38. The Morgan fingerprint density at radius 2 is 1.76 bits per heavy atom. The monoisotopic (exact) mass is 234 g/mol. The molecule has 1 atom stereocenters. The summed E-state index contributed by atoms with van der Waals surface area (Å²) < 4.78 is 12.8. The third-order valence-corrected chi connectivity index (χ3v) is 3.01. The molecule has 0 saturated carbocycles. The van der Waals surface area contributed by atoms with E-state index < -0.39 is 0 Å². The molecule has 1 aromatic heterocycles. The average molecular weight is 234 g/mol. The van der Waals surface area contributed by atoms with Gasteiger partial charge in [0.1, 0.15) is 11.5 Å². The number of ether oxygens (including phenoxy) is 2. The first kappa shape index (κ1) is 11.8. The number of aromatic nitrogens is 1. The second kappa shape index (κ2) is 4.30. The van der Waals surface area contributed by atoms with E-state index in [1.807, 2.05) is 36.9 Å². The van der Waals surface area contributed by atoms with Crippen LogP contribution in [0, 0.1) is 0 Å². The normalized spacial score (nSPS) is 12.8. The third kappa shape index (κ3) is 1.74. The first-order valence-electron chi connectivity index (χ1n) is 5.55. The Hall–Kier alpha value is -1.68. The van der Waals surface area contributed by atoms with E-state index in [2.05, 4.69) is 0 Å². The second-order valence-corrected chi connectivity index (χ2v) is 4.18. The van der Waals surface area contributed by atoms with Crippen LogP contribution < -0.4 is 15.2 Å². The van der Waals surface area contributed by atoms with E-state index in [-0.39, 0.29) is 6.04 Å². The quantitative estimate of drug-likeness (QED) is 0.885. The van der Waals surface area contributed by atoms with Gasteiger partial charge in [-0.2, -0.15) is 0 Å². The highest BCUT2D eigenvalue weighted by molar-refractivity contribution is 5.94. The van der Waals surface area contributed by atoms with Crippen molar-refractivity contribution < 1.29 is 9.47 Å². The fraction of sp³-hybridized carbons (Fsp3) is 0.385. The Morgan fingerprint density at radius 3 is 2.29 bits per heavy atom. The molecule has 0 bridgehead atoms. The lowest BCUT2D eigenvalue weighted by Crippen LogP contribution is -2.04. The molecule has 0 fully saturated rings. The minimum absolute atomic E-state index is 0.0419. The molecule has 2 aromatic rings. The molecule has 0 radical (unpaired) electrons. The topological polar surface area (TPSA) is 49.4 Å². The van der Waals surface area contributed by atoms with E-state index in [1.54, 1.807) is 14.2 Å². The first-order valence-corrected chi connectivity index (χ1v) is 5.55. The summed E-state index contributed by atoms with van der Waals surface area (Å²) in [6.45, 7) is 1.97. The van der Waals surface area contributed by atoms with Crippen LogP contribution in [0.4, 0.5) is 0 Å². The molecule has 0 aliphatic rings. The maximum absolute atomic E-state index is 6.00. The Bertz CT molecular complexity index is 544. The minimum atomic E-state index is -0.0419. The van der Waals surface area contributed by atoms with Crippen LogP contribution >= 0.6 is 0 Å². The van der Waals surface area contributed by atoms with Crippen LogP contribution in [0.1, 0.15) is 18.5 Å². The Labute approximate surface area is 101 Å². The van der Waals surface area contributed by atoms with E-state index in [9.17, 15) is 0 Å². The van der Waals surface area contributed by atoms with Gasteiger partial charge in [0.2, 0.25) is 0 Å². The molecule has 0 spiro atoms. The highest BCUT2D eigenvalue weighted by atomic mass is 16.5. The van der Waals surface area contributed by atoms with Crippen molar-refractivity contribution >= 4 is 10.9 Å². The number of fused-ring (bicyclic) bond motifs is 1. The number of methoxy groups -OCH3 is 2. The summed E-state index contributed by atoms with van der Waals surface area (Å²) in [5, 5.41) is 1.03. The Morgan fingerprint density at radius 1 is 1.18 bits per heavy atom. The molecule has 2 N–H and O–H groups in total. The Balaban J connectivity index is 2.87. The van der Waals surface area contributed by atoms with Crippen molar-refractivity contribution in [3.63, 3.8) is 0 Å². The van der Waals surface area contributed by atoms with Gasteiger partial charge in [-0.15, -0.1) is 0 Å². The number of hydrogen-bond donors (Lipinski definition) is 1. The van der Waals surface area contributed by atoms with E-state index in [0.717, 1.165) is 28.0 Å². The van der Waals surface area contributed by atoms with Crippen molar-refractivity contribution in [2.45, 2.75) is 13.0 Å². The molecule has 1 unspecified atom stereocenters. The lowest BCUT2D eigenvalue weighted by Gasteiger charge is -2.10. The van der Waals surface area contributed by atoms with Gasteiger partial charge >= 0.3 is 0 Å². The standard InChI is InChI=1S/C13H18N2O2/c1-8(14)9-7-15(2)13-11(17-4)6-5-10(16-3)12(9)13/h5-8H,14H2,1-4H3. The van der Waals surface area contributed by atoms with Gasteiger partial charge in [0.05, 0.1) is 25.1 Å². The van der Waals surface area contributed by atoms with Crippen molar-refractivity contribution in [1.82, 2.24) is 4.57 Å². The van der Waals surface area contributed by atoms with Gasteiger partial charge in [-0.3, -0.25) is 0 Å². The van der Waals surface area contributed by atoms with E-state index in [4.69, 9.17) is 15.2 Å². The average Bonchev–Trinajstić information content (AvgIpc) is 2.67. The van der Waals surface area contributed by atoms with Gasteiger partial charge in [0, 0.05) is 19.3 Å². The van der Waals surface area contributed by atoms with Crippen molar-refractivity contribution in [3.05, 3.63) is 23.9 Å². The smallest absolute Gasteiger partial charge is 0.143 e. The van der Waals surface area contributed by atoms with Crippen molar-refractivity contribution in [1.29, 1.82) is 0 Å². The summed E-state index contributed by atoms with van der Waals surface area (Å²) in [6, 6.07) is 3.78. The fourth-order valence-electron chi connectivity index (χ4n) is 2.20. The summed E-state index contributed by atoms with van der Waals surface area (Å²) >= 11 is 0. The minimum Gasteiger partial charge on any atom is -0.496 e. The molecule has 1 heterocycles. The zero-order chi connectivity index (χ0) is 12.6. The largest absolute Gasteiger partial charge is 0.496 e. The molecular formula is C13H18N2O2. The van der Waals surface area contributed by atoms with Gasteiger partial charge in [0.15, 0.2) is 0 Å². The molecule has 1 aromatic carbocycles. The molecular weight excluding hydrogens is 216 g/mol. The van der Waals surface area contributed by atoms with E-state index in [1.165, 1.54) is 0 Å². The molecule has 92 valence electrons. The zero-order valence-corrected chi connectivity index (χ0v) is 10.7. The molecule has 0 aliphatic carbocycles. The predicted octanol–water partition coefficient (Wildman–Crippen LogP) is 2.22. The number of benzene rings is 1. The molecule has 4 nitrogen and oxygen atoms in total. The van der Waals surface area contributed by atoms with Gasteiger partial charge < -0.3 is 19.8 Å². The number of aryl methyl sites for hydroxylation is 1. The lowest BCUT2D eigenvalue weighted by atomic mass is 10.1. The maximum atomic E-state index is 6.00. The first-order chi connectivity index (χ1) is 8.10. The Kier molecular flexibility index (Phi) is 2.98. The van der Waals surface area contributed by atoms with E-state index in [0.29, 0.717) is 0 Å². The number of rotatable bonds is 3. The predicted molar refractivity (Wildman–Crippen MR) is 68.6 cm³/mol. The van der Waals surface area contributed by atoms with Crippen molar-refractivity contribution in [3.8, 4) is 11.5 Å². The fourth-order valence-corrected chi connectivity index (χ4v) is 2.20. The van der Waals surface area contributed by atoms with Gasteiger partial charge in [-0.05, 0) is 24.6 Å². The summed E-state index contributed by atoms with van der Waals surface area (Å²) in [6.07, 6.45) is 2.03. The molecule has 2 rings (SSSR count). The van der Waals surface area contributed by atoms with Crippen LogP contribution in [0.25, 0.3) is 10.9 Å². The third-order valence-electron chi connectivity index (χ3n) is 3.01.